The first kappa shape index (κ1) is 23.3. The molecule has 0 saturated heterocycles. The highest BCUT2D eigenvalue weighted by molar-refractivity contribution is 6.11. The molecule has 9 heteroatoms. The maximum absolute atomic E-state index is 13.8. The summed E-state index contributed by atoms with van der Waals surface area (Å²) in [7, 11) is 1.56. The van der Waals surface area contributed by atoms with Gasteiger partial charge in [-0.15, -0.1) is 0 Å². The lowest BCUT2D eigenvalue weighted by molar-refractivity contribution is -0.122. The molecule has 2 aromatic heterocycles. The van der Waals surface area contributed by atoms with E-state index in [9.17, 15) is 9.59 Å². The van der Waals surface area contributed by atoms with Crippen molar-refractivity contribution in [3.63, 3.8) is 0 Å². The summed E-state index contributed by atoms with van der Waals surface area (Å²) in [5.41, 5.74) is 4.81. The lowest BCUT2D eigenvalue weighted by Crippen LogP contribution is -2.31. The van der Waals surface area contributed by atoms with E-state index in [1.54, 1.807) is 18.0 Å². The van der Waals surface area contributed by atoms with Gasteiger partial charge in [-0.1, -0.05) is 56.3 Å². The molecule has 36 heavy (non-hydrogen) atoms. The number of nitrogens with zero attached hydrogens (tertiary/aromatic N) is 3. The Bertz CT molecular complexity index is 1400. The number of hydrogen-bond acceptors (Lipinski definition) is 6. The number of fused-ring (bicyclic) bond motifs is 1. The van der Waals surface area contributed by atoms with Gasteiger partial charge in [0.25, 0.3) is 11.8 Å². The van der Waals surface area contributed by atoms with E-state index in [2.05, 4.69) is 41.4 Å². The Balaban J connectivity index is 1.63. The van der Waals surface area contributed by atoms with E-state index in [0.29, 0.717) is 22.8 Å². The van der Waals surface area contributed by atoms with Crippen molar-refractivity contribution in [2.45, 2.75) is 32.2 Å². The summed E-state index contributed by atoms with van der Waals surface area (Å²) in [6, 6.07) is 16.3. The first-order valence-corrected chi connectivity index (χ1v) is 11.6. The van der Waals surface area contributed by atoms with E-state index >= 15 is 0 Å². The van der Waals surface area contributed by atoms with Gasteiger partial charge in [0.1, 0.15) is 23.4 Å². The largest absolute Gasteiger partial charge is 0.483 e. The van der Waals surface area contributed by atoms with Crippen molar-refractivity contribution in [2.75, 3.05) is 18.6 Å². The molecule has 1 atom stereocenters. The van der Waals surface area contributed by atoms with Gasteiger partial charge in [-0.05, 0) is 18.2 Å². The Morgan fingerprint density at radius 3 is 2.56 bits per heavy atom. The van der Waals surface area contributed by atoms with Crippen molar-refractivity contribution >= 4 is 17.5 Å². The molecule has 0 radical (unpaired) electrons. The number of benzene rings is 2. The summed E-state index contributed by atoms with van der Waals surface area (Å²) in [6.07, 6.45) is 1.52. The molecule has 2 N–H and O–H groups in total. The minimum atomic E-state index is -0.501. The van der Waals surface area contributed by atoms with Crippen LogP contribution in [0.15, 0.2) is 65.4 Å². The molecule has 2 aromatic carbocycles. The number of aromatic nitrogens is 3. The average molecular weight is 486 g/mol. The van der Waals surface area contributed by atoms with Crippen LogP contribution >= 0.6 is 0 Å². The summed E-state index contributed by atoms with van der Waals surface area (Å²) in [5, 5.41) is 14.1. The Kier molecular flexibility index (Phi) is 5.83. The summed E-state index contributed by atoms with van der Waals surface area (Å²) in [5.74, 6) is 0.0947. The Morgan fingerprint density at radius 1 is 1.14 bits per heavy atom. The van der Waals surface area contributed by atoms with E-state index in [1.807, 2.05) is 48.5 Å². The van der Waals surface area contributed by atoms with E-state index in [1.165, 1.54) is 6.26 Å². The number of rotatable bonds is 6. The maximum Gasteiger partial charge on any atom is 0.277 e. The molecule has 9 nitrogen and oxygen atoms in total. The zero-order valence-corrected chi connectivity index (χ0v) is 20.5. The second-order valence-corrected chi connectivity index (χ2v) is 9.62. The highest BCUT2D eigenvalue weighted by Crippen LogP contribution is 2.47. The SMILES string of the molecule is CNC(=O)COc1ccccc1C1c2c(C(C)(C)C)n[nH]c2C(=O)N1c1ccc(-c2ccon2)cc1. The van der Waals surface area contributed by atoms with E-state index in [4.69, 9.17) is 9.26 Å². The molecule has 184 valence electrons. The predicted octanol–water partition coefficient (Wildman–Crippen LogP) is 4.24. The molecule has 0 bridgehead atoms. The van der Waals surface area contributed by atoms with Gasteiger partial charge in [0.2, 0.25) is 0 Å². The zero-order chi connectivity index (χ0) is 25.4. The van der Waals surface area contributed by atoms with E-state index in [0.717, 1.165) is 22.4 Å². The van der Waals surface area contributed by atoms with Crippen LogP contribution in [0.4, 0.5) is 5.69 Å². The number of nitrogens with one attached hydrogen (secondary N) is 2. The van der Waals surface area contributed by atoms with Gasteiger partial charge in [0.15, 0.2) is 6.61 Å². The minimum absolute atomic E-state index is 0.134. The van der Waals surface area contributed by atoms with E-state index < -0.39 is 6.04 Å². The maximum atomic E-state index is 13.8. The number of ether oxygens (including phenoxy) is 1. The molecule has 3 heterocycles. The quantitative estimate of drug-likeness (QED) is 0.422. The highest BCUT2D eigenvalue weighted by atomic mass is 16.5. The molecule has 1 unspecified atom stereocenters. The molecule has 4 aromatic rings. The van der Waals surface area contributed by atoms with Crippen LogP contribution in [0.25, 0.3) is 11.3 Å². The molecular formula is C27H27N5O4. The van der Waals surface area contributed by atoms with Crippen LogP contribution in [0.2, 0.25) is 0 Å². The first-order chi connectivity index (χ1) is 17.3. The number of likely N-dealkylation sites (N-methyl/N-ethyl adjacent to an activating group) is 1. The summed E-state index contributed by atoms with van der Waals surface area (Å²) in [4.78, 5) is 27.4. The van der Waals surface area contributed by atoms with Crippen molar-refractivity contribution in [2.24, 2.45) is 0 Å². The van der Waals surface area contributed by atoms with Crippen molar-refractivity contribution in [1.82, 2.24) is 20.7 Å². The van der Waals surface area contributed by atoms with Crippen LogP contribution in [-0.4, -0.2) is 40.8 Å². The summed E-state index contributed by atoms with van der Waals surface area (Å²) >= 11 is 0. The smallest absolute Gasteiger partial charge is 0.277 e. The summed E-state index contributed by atoms with van der Waals surface area (Å²) in [6.45, 7) is 6.06. The standard InChI is InChI=1S/C27H27N5O4/c1-27(2,3)25-22-23(29-30-25)26(34)32(17-11-9-16(10-12-17)19-13-14-36-31-19)24(22)18-7-5-6-8-20(18)35-15-21(33)28-4/h5-14,24H,15H2,1-4H3,(H,28,33)(H,29,30). The predicted molar refractivity (Wildman–Crippen MR) is 134 cm³/mol. The van der Waals surface area contributed by atoms with Gasteiger partial charge < -0.3 is 14.6 Å². The molecule has 1 aliphatic rings. The molecule has 0 aliphatic carbocycles. The van der Waals surface area contributed by atoms with Gasteiger partial charge in [0.05, 0.1) is 11.7 Å². The van der Waals surface area contributed by atoms with Crippen molar-refractivity contribution in [3.8, 4) is 17.0 Å². The van der Waals surface area contributed by atoms with Crippen molar-refractivity contribution in [3.05, 3.63) is 83.4 Å². The number of para-hydroxylation sites is 1. The molecule has 1 aliphatic heterocycles. The fourth-order valence-corrected chi connectivity index (χ4v) is 4.49. The lowest BCUT2D eigenvalue weighted by atomic mass is 9.85. The van der Waals surface area contributed by atoms with Crippen LogP contribution in [-0.2, 0) is 10.2 Å². The zero-order valence-electron chi connectivity index (χ0n) is 20.5. The first-order valence-electron chi connectivity index (χ1n) is 11.6. The van der Waals surface area contributed by atoms with Crippen molar-refractivity contribution in [1.29, 1.82) is 0 Å². The topological polar surface area (TPSA) is 113 Å². The van der Waals surface area contributed by atoms with Crippen molar-refractivity contribution < 1.29 is 18.8 Å². The second kappa shape index (κ2) is 8.99. The summed E-state index contributed by atoms with van der Waals surface area (Å²) < 4.78 is 10.9. The molecular weight excluding hydrogens is 458 g/mol. The number of carbonyl (C=O) groups is 2. The van der Waals surface area contributed by atoms with Gasteiger partial charge in [-0.3, -0.25) is 19.6 Å². The number of anilines is 1. The molecule has 5 rings (SSSR count). The Hall–Kier alpha value is -4.40. The lowest BCUT2D eigenvalue weighted by Gasteiger charge is -2.29. The van der Waals surface area contributed by atoms with Crippen LogP contribution in [0, 0.1) is 0 Å². The third kappa shape index (κ3) is 4.02. The van der Waals surface area contributed by atoms with Gasteiger partial charge >= 0.3 is 0 Å². The molecule has 0 saturated carbocycles. The molecule has 2 amide bonds. The fourth-order valence-electron chi connectivity index (χ4n) is 4.49. The number of amides is 2. The average Bonchev–Trinajstić information content (AvgIpc) is 3.61. The van der Waals surface area contributed by atoms with Gasteiger partial charge in [-0.2, -0.15) is 5.10 Å². The number of H-pyrrole nitrogens is 1. The third-order valence-electron chi connectivity index (χ3n) is 6.21. The third-order valence-corrected chi connectivity index (χ3v) is 6.21. The minimum Gasteiger partial charge on any atom is -0.483 e. The van der Waals surface area contributed by atoms with Crippen LogP contribution < -0.4 is 15.0 Å². The number of aromatic amines is 1. The van der Waals surface area contributed by atoms with E-state index in [-0.39, 0.29) is 23.8 Å². The van der Waals surface area contributed by atoms with Crippen LogP contribution in [0.3, 0.4) is 0 Å². The number of carbonyl (C=O) groups excluding carboxylic acids is 2. The normalized spacial score (nSPS) is 15.2. The fraction of sp³-hybridized carbons (Fsp3) is 0.259. The van der Waals surface area contributed by atoms with Crippen LogP contribution in [0.5, 0.6) is 5.75 Å². The van der Waals surface area contributed by atoms with Crippen LogP contribution in [0.1, 0.15) is 54.1 Å². The number of hydrogen-bond donors (Lipinski definition) is 2. The van der Waals surface area contributed by atoms with Gasteiger partial charge in [-0.25, -0.2) is 0 Å². The molecule has 0 spiro atoms. The Labute approximate surface area is 208 Å². The monoisotopic (exact) mass is 485 g/mol. The van der Waals surface area contributed by atoms with Gasteiger partial charge in [0, 0.05) is 40.9 Å². The Morgan fingerprint density at radius 2 is 1.89 bits per heavy atom. The second-order valence-electron chi connectivity index (χ2n) is 9.62. The molecule has 0 fully saturated rings. The highest BCUT2D eigenvalue weighted by Gasteiger charge is 2.45.